The summed E-state index contributed by atoms with van der Waals surface area (Å²) in [5, 5.41) is 1.56. The van der Waals surface area contributed by atoms with Crippen molar-refractivity contribution < 1.29 is 4.74 Å². The second kappa shape index (κ2) is 5.68. The Morgan fingerprint density at radius 1 is 1.10 bits per heavy atom. The van der Waals surface area contributed by atoms with Crippen LogP contribution in [-0.4, -0.2) is 9.97 Å². The summed E-state index contributed by atoms with van der Waals surface area (Å²) in [5.41, 5.74) is 7.33. The quantitative estimate of drug-likeness (QED) is 0.732. The molecule has 0 unspecified atom stereocenters. The molecular weight excluding hydrogens is 304 g/mol. The number of thiocarbonyl (C=S) groups is 1. The van der Waals surface area contributed by atoms with Crippen molar-refractivity contribution in [1.29, 1.82) is 0 Å². The molecule has 21 heavy (non-hydrogen) atoms. The molecule has 1 heterocycles. The number of para-hydroxylation sites is 1. The minimum Gasteiger partial charge on any atom is -0.439 e. The summed E-state index contributed by atoms with van der Waals surface area (Å²) in [6.45, 7) is 0. The van der Waals surface area contributed by atoms with E-state index in [1.807, 2.05) is 24.3 Å². The number of nitrogens with two attached hydrogens (primary N) is 1. The fraction of sp³-hybridized carbons (Fsp3) is 0. The highest BCUT2D eigenvalue weighted by atomic mass is 35.5. The van der Waals surface area contributed by atoms with Crippen molar-refractivity contribution in [2.24, 2.45) is 5.73 Å². The summed E-state index contributed by atoms with van der Waals surface area (Å²) in [7, 11) is 0. The van der Waals surface area contributed by atoms with E-state index in [-0.39, 0.29) is 0 Å². The van der Waals surface area contributed by atoms with E-state index in [1.165, 1.54) is 0 Å². The maximum atomic E-state index is 5.85. The van der Waals surface area contributed by atoms with Gasteiger partial charge in [-0.25, -0.2) is 4.98 Å². The third-order valence-electron chi connectivity index (χ3n) is 2.99. The van der Waals surface area contributed by atoms with Gasteiger partial charge in [0.1, 0.15) is 10.7 Å². The normalized spacial score (nSPS) is 10.5. The van der Waals surface area contributed by atoms with Crippen molar-refractivity contribution in [1.82, 2.24) is 4.98 Å². The van der Waals surface area contributed by atoms with Gasteiger partial charge in [-0.1, -0.05) is 42.0 Å². The molecule has 3 rings (SSSR count). The Bertz CT molecular complexity index is 818. The van der Waals surface area contributed by atoms with Gasteiger partial charge in [0.15, 0.2) is 0 Å². The first kappa shape index (κ1) is 13.8. The third kappa shape index (κ3) is 2.96. The van der Waals surface area contributed by atoms with Crippen molar-refractivity contribution in [2.75, 3.05) is 0 Å². The SMILES string of the molecule is NC(=S)c1cc(Oc2ccc(Cl)cc2)nc2ccccc12. The van der Waals surface area contributed by atoms with Crippen LogP contribution in [0.4, 0.5) is 0 Å². The number of aromatic nitrogens is 1. The van der Waals surface area contributed by atoms with E-state index in [0.29, 0.717) is 21.6 Å². The van der Waals surface area contributed by atoms with E-state index in [9.17, 15) is 0 Å². The first-order valence-corrected chi connectivity index (χ1v) is 7.05. The maximum Gasteiger partial charge on any atom is 0.220 e. The molecule has 0 saturated carbocycles. The Balaban J connectivity index is 2.06. The van der Waals surface area contributed by atoms with Gasteiger partial charge in [0.05, 0.1) is 5.52 Å². The van der Waals surface area contributed by atoms with E-state index in [2.05, 4.69) is 4.98 Å². The molecule has 5 heteroatoms. The second-order valence-corrected chi connectivity index (χ2v) is 5.32. The molecule has 104 valence electrons. The molecule has 0 aliphatic heterocycles. The number of nitrogens with zero attached hydrogens (tertiary/aromatic N) is 1. The zero-order valence-corrected chi connectivity index (χ0v) is 12.5. The fourth-order valence-electron chi connectivity index (χ4n) is 2.03. The summed E-state index contributed by atoms with van der Waals surface area (Å²) in [4.78, 5) is 4.78. The standard InChI is InChI=1S/C16H11ClN2OS/c17-10-5-7-11(8-6-10)20-15-9-13(16(18)21)12-3-1-2-4-14(12)19-15/h1-9H,(H2,18,21). The van der Waals surface area contributed by atoms with Crippen LogP contribution in [0.3, 0.4) is 0 Å². The van der Waals surface area contributed by atoms with Gasteiger partial charge < -0.3 is 10.5 Å². The van der Waals surface area contributed by atoms with Gasteiger partial charge in [-0.05, 0) is 30.3 Å². The number of rotatable bonds is 3. The van der Waals surface area contributed by atoms with Gasteiger partial charge in [-0.3, -0.25) is 0 Å². The fourth-order valence-corrected chi connectivity index (χ4v) is 2.33. The van der Waals surface area contributed by atoms with Crippen LogP contribution in [0.5, 0.6) is 11.6 Å². The number of ether oxygens (including phenoxy) is 1. The Morgan fingerprint density at radius 2 is 1.81 bits per heavy atom. The first-order chi connectivity index (χ1) is 10.1. The second-order valence-electron chi connectivity index (χ2n) is 4.45. The molecule has 0 saturated heterocycles. The summed E-state index contributed by atoms with van der Waals surface area (Å²) in [6, 6.07) is 16.5. The zero-order valence-electron chi connectivity index (χ0n) is 10.9. The van der Waals surface area contributed by atoms with Crippen LogP contribution in [0, 0.1) is 0 Å². The van der Waals surface area contributed by atoms with Gasteiger partial charge >= 0.3 is 0 Å². The van der Waals surface area contributed by atoms with Gasteiger partial charge in [-0.15, -0.1) is 0 Å². The smallest absolute Gasteiger partial charge is 0.220 e. The molecule has 0 atom stereocenters. The number of fused-ring (bicyclic) bond motifs is 1. The molecule has 2 aromatic carbocycles. The summed E-state index contributed by atoms with van der Waals surface area (Å²) < 4.78 is 5.75. The number of hydrogen-bond acceptors (Lipinski definition) is 3. The average Bonchev–Trinajstić information content (AvgIpc) is 2.48. The van der Waals surface area contributed by atoms with Crippen molar-refractivity contribution in [3.05, 3.63) is 65.2 Å². The molecule has 1 aromatic heterocycles. The van der Waals surface area contributed by atoms with Gasteiger partial charge in [0.2, 0.25) is 5.88 Å². The van der Waals surface area contributed by atoms with Crippen molar-refractivity contribution in [2.45, 2.75) is 0 Å². The lowest BCUT2D eigenvalue weighted by atomic mass is 10.1. The molecule has 0 aliphatic rings. The minimum absolute atomic E-state index is 0.314. The molecule has 0 bridgehead atoms. The molecule has 3 nitrogen and oxygen atoms in total. The largest absolute Gasteiger partial charge is 0.439 e. The molecule has 0 radical (unpaired) electrons. The van der Waals surface area contributed by atoms with E-state index in [1.54, 1.807) is 30.3 Å². The predicted octanol–water partition coefficient (Wildman–Crippen LogP) is 4.31. The molecule has 0 fully saturated rings. The molecule has 0 amide bonds. The van der Waals surface area contributed by atoms with Gasteiger partial charge in [0.25, 0.3) is 0 Å². The van der Waals surface area contributed by atoms with Crippen molar-refractivity contribution >= 4 is 39.7 Å². The van der Waals surface area contributed by atoms with Crippen LogP contribution >= 0.6 is 23.8 Å². The molecule has 0 spiro atoms. The average molecular weight is 315 g/mol. The summed E-state index contributed by atoms with van der Waals surface area (Å²) in [5.74, 6) is 1.09. The first-order valence-electron chi connectivity index (χ1n) is 6.26. The third-order valence-corrected chi connectivity index (χ3v) is 3.47. The minimum atomic E-state index is 0.314. The summed E-state index contributed by atoms with van der Waals surface area (Å²) >= 11 is 11.0. The number of benzene rings is 2. The highest BCUT2D eigenvalue weighted by molar-refractivity contribution is 7.80. The monoisotopic (exact) mass is 314 g/mol. The Morgan fingerprint density at radius 3 is 2.52 bits per heavy atom. The van der Waals surface area contributed by atoms with Crippen LogP contribution in [-0.2, 0) is 0 Å². The summed E-state index contributed by atoms with van der Waals surface area (Å²) in [6.07, 6.45) is 0. The van der Waals surface area contributed by atoms with Crippen LogP contribution in [0.15, 0.2) is 54.6 Å². The van der Waals surface area contributed by atoms with Crippen LogP contribution < -0.4 is 10.5 Å². The van der Waals surface area contributed by atoms with E-state index < -0.39 is 0 Å². The van der Waals surface area contributed by atoms with Crippen LogP contribution in [0.1, 0.15) is 5.56 Å². The van der Waals surface area contributed by atoms with E-state index in [4.69, 9.17) is 34.3 Å². The van der Waals surface area contributed by atoms with Crippen LogP contribution in [0.2, 0.25) is 5.02 Å². The predicted molar refractivity (Wildman–Crippen MR) is 89.2 cm³/mol. The maximum absolute atomic E-state index is 5.85. The Labute approximate surface area is 132 Å². The van der Waals surface area contributed by atoms with Gasteiger partial charge in [0, 0.05) is 22.0 Å². The van der Waals surface area contributed by atoms with Crippen molar-refractivity contribution in [3.63, 3.8) is 0 Å². The number of halogens is 1. The zero-order chi connectivity index (χ0) is 14.8. The van der Waals surface area contributed by atoms with Crippen LogP contribution in [0.25, 0.3) is 10.9 Å². The Hall–Kier alpha value is -2.17. The van der Waals surface area contributed by atoms with Gasteiger partial charge in [-0.2, -0.15) is 0 Å². The van der Waals surface area contributed by atoms with E-state index >= 15 is 0 Å². The molecule has 2 N–H and O–H groups in total. The van der Waals surface area contributed by atoms with Crippen molar-refractivity contribution in [3.8, 4) is 11.6 Å². The lowest BCUT2D eigenvalue weighted by Gasteiger charge is -2.09. The highest BCUT2D eigenvalue weighted by Crippen LogP contribution is 2.26. The number of pyridine rings is 1. The number of hydrogen-bond donors (Lipinski definition) is 1. The topological polar surface area (TPSA) is 48.1 Å². The lowest BCUT2D eigenvalue weighted by molar-refractivity contribution is 0.465. The van der Waals surface area contributed by atoms with E-state index in [0.717, 1.165) is 16.5 Å². The molecule has 0 aliphatic carbocycles. The Kier molecular flexibility index (Phi) is 3.73. The lowest BCUT2D eigenvalue weighted by Crippen LogP contribution is -2.10. The molecule has 3 aromatic rings. The molecular formula is C16H11ClN2OS. The highest BCUT2D eigenvalue weighted by Gasteiger charge is 2.09.